The number of rotatable bonds is 8. The van der Waals surface area contributed by atoms with Crippen molar-refractivity contribution in [1.29, 1.82) is 0 Å². The first-order valence-corrected chi connectivity index (χ1v) is 11.9. The van der Waals surface area contributed by atoms with E-state index < -0.39 is 17.6 Å². The van der Waals surface area contributed by atoms with Gasteiger partial charge in [-0.3, -0.25) is 0 Å². The summed E-state index contributed by atoms with van der Waals surface area (Å²) in [6.07, 6.45) is -1.79. The Bertz CT molecular complexity index is 1400. The lowest BCUT2D eigenvalue weighted by Crippen LogP contribution is -2.29. The zero-order valence-corrected chi connectivity index (χ0v) is 20.2. The van der Waals surface area contributed by atoms with E-state index in [-0.39, 0.29) is 17.8 Å². The van der Waals surface area contributed by atoms with Gasteiger partial charge in [-0.25, -0.2) is 19.3 Å². The summed E-state index contributed by atoms with van der Waals surface area (Å²) in [4.78, 5) is 11.8. The van der Waals surface area contributed by atoms with Crippen molar-refractivity contribution in [2.75, 3.05) is 18.5 Å². The number of aromatic nitrogens is 4. The first kappa shape index (κ1) is 24.9. The normalized spacial score (nSPS) is 15.0. The van der Waals surface area contributed by atoms with Crippen molar-refractivity contribution in [2.24, 2.45) is 13.0 Å². The van der Waals surface area contributed by atoms with Crippen molar-refractivity contribution < 1.29 is 27.0 Å². The summed E-state index contributed by atoms with van der Waals surface area (Å²) in [5, 5.41) is 3.34. The fourth-order valence-electron chi connectivity index (χ4n) is 4.26. The van der Waals surface area contributed by atoms with E-state index >= 15 is 4.39 Å². The van der Waals surface area contributed by atoms with Crippen LogP contribution in [0.15, 0.2) is 48.8 Å². The fourth-order valence-corrected chi connectivity index (χ4v) is 4.26. The molecule has 1 unspecified atom stereocenters. The zero-order valence-electron chi connectivity index (χ0n) is 20.2. The Labute approximate surface area is 210 Å². The van der Waals surface area contributed by atoms with E-state index in [9.17, 15) is 13.2 Å². The maximum Gasteiger partial charge on any atom is 0.419 e. The summed E-state index contributed by atoms with van der Waals surface area (Å²) < 4.78 is 65.7. The summed E-state index contributed by atoms with van der Waals surface area (Å²) in [6.45, 7) is 3.52. The highest BCUT2D eigenvalue weighted by Gasteiger charge is 2.31. The number of nitrogens with zero attached hydrogens (tertiary/aromatic N) is 4. The summed E-state index contributed by atoms with van der Waals surface area (Å²) in [5.74, 6) is 0.702. The highest BCUT2D eigenvalue weighted by Crippen LogP contribution is 2.31. The van der Waals surface area contributed by atoms with Gasteiger partial charge in [0.05, 0.1) is 35.9 Å². The minimum atomic E-state index is -4.55. The van der Waals surface area contributed by atoms with Crippen molar-refractivity contribution in [3.63, 3.8) is 0 Å². The Morgan fingerprint density at radius 3 is 2.51 bits per heavy atom. The van der Waals surface area contributed by atoms with E-state index in [2.05, 4.69) is 27.4 Å². The maximum atomic E-state index is 15.1. The quantitative estimate of drug-likeness (QED) is 0.287. The predicted octanol–water partition coefficient (Wildman–Crippen LogP) is 6.07. The molecule has 0 spiro atoms. The fraction of sp³-hybridized carbons (Fsp3) is 0.346. The average molecular weight is 516 g/mol. The van der Waals surface area contributed by atoms with Gasteiger partial charge in [0, 0.05) is 37.0 Å². The van der Waals surface area contributed by atoms with Crippen LogP contribution in [0.25, 0.3) is 11.0 Å². The molecule has 1 saturated heterocycles. The van der Waals surface area contributed by atoms with Crippen LogP contribution in [0.1, 0.15) is 36.1 Å². The Morgan fingerprint density at radius 1 is 1.14 bits per heavy atom. The molecule has 1 aliphatic rings. The molecule has 2 aromatic heterocycles. The lowest BCUT2D eigenvalue weighted by atomic mass is 9.98. The number of nitrogens with one attached hydrogen (secondary N) is 1. The van der Waals surface area contributed by atoms with Crippen LogP contribution in [0.3, 0.4) is 0 Å². The predicted molar refractivity (Wildman–Crippen MR) is 129 cm³/mol. The van der Waals surface area contributed by atoms with E-state index in [0.29, 0.717) is 36.2 Å². The third-order valence-corrected chi connectivity index (χ3v) is 6.40. The van der Waals surface area contributed by atoms with E-state index in [1.54, 1.807) is 6.07 Å². The maximum absolute atomic E-state index is 15.1. The van der Waals surface area contributed by atoms with Crippen molar-refractivity contribution >= 4 is 17.0 Å². The Morgan fingerprint density at radius 2 is 1.89 bits per heavy atom. The third kappa shape index (κ3) is 5.36. The van der Waals surface area contributed by atoms with Crippen LogP contribution in [-0.4, -0.2) is 32.7 Å². The number of benzene rings is 2. The number of hydrogen-bond acceptors (Lipinski definition) is 6. The molecule has 1 N–H and O–H groups in total. The third-order valence-electron chi connectivity index (χ3n) is 6.40. The van der Waals surface area contributed by atoms with Crippen LogP contribution in [0, 0.1) is 11.7 Å². The molecule has 0 aliphatic carbocycles. The molecule has 37 heavy (non-hydrogen) atoms. The Hall–Kier alpha value is -3.73. The molecule has 1 aliphatic heterocycles. The van der Waals surface area contributed by atoms with Crippen molar-refractivity contribution in [1.82, 2.24) is 19.5 Å². The summed E-state index contributed by atoms with van der Waals surface area (Å²) >= 11 is 0. The second-order valence-corrected chi connectivity index (χ2v) is 9.07. The minimum Gasteiger partial charge on any atom is -0.424 e. The van der Waals surface area contributed by atoms with Gasteiger partial charge in [-0.1, -0.05) is 19.1 Å². The van der Waals surface area contributed by atoms with Gasteiger partial charge < -0.3 is 19.4 Å². The van der Waals surface area contributed by atoms with Crippen LogP contribution in [-0.2, 0) is 24.4 Å². The molecule has 11 heteroatoms. The molecule has 2 aromatic carbocycles. The topological polar surface area (TPSA) is 74.1 Å². The molecule has 0 bridgehead atoms. The Kier molecular flexibility index (Phi) is 6.72. The molecular weight excluding hydrogens is 490 g/mol. The molecule has 7 nitrogen and oxygen atoms in total. The molecule has 5 rings (SSSR count). The van der Waals surface area contributed by atoms with E-state index in [1.165, 1.54) is 11.6 Å². The van der Waals surface area contributed by atoms with E-state index in [4.69, 9.17) is 14.5 Å². The van der Waals surface area contributed by atoms with Crippen LogP contribution in [0.2, 0.25) is 0 Å². The number of ether oxygens (including phenoxy) is 2. The molecule has 4 aromatic rings. The number of anilines is 1. The second-order valence-electron chi connectivity index (χ2n) is 9.07. The molecule has 1 atom stereocenters. The first-order valence-electron chi connectivity index (χ1n) is 11.9. The van der Waals surface area contributed by atoms with Crippen LogP contribution in [0.5, 0.6) is 11.8 Å². The minimum absolute atomic E-state index is 0.0722. The number of hydrogen-bond donors (Lipinski definition) is 1. The number of halogens is 4. The Balaban J connectivity index is 1.31. The van der Waals surface area contributed by atoms with E-state index in [1.807, 2.05) is 24.6 Å². The van der Waals surface area contributed by atoms with Gasteiger partial charge in [0.25, 0.3) is 0 Å². The highest BCUT2D eigenvalue weighted by atomic mass is 19.4. The second kappa shape index (κ2) is 9.97. The number of imidazole rings is 1. The number of alkyl halides is 3. The largest absolute Gasteiger partial charge is 0.424 e. The molecule has 0 saturated carbocycles. The number of fused-ring (bicyclic) bond motifs is 1. The van der Waals surface area contributed by atoms with Crippen LogP contribution >= 0.6 is 0 Å². The number of aryl methyl sites for hydroxylation is 1. The summed E-state index contributed by atoms with van der Waals surface area (Å²) in [7, 11) is 1.91. The molecule has 3 heterocycles. The van der Waals surface area contributed by atoms with Gasteiger partial charge in [-0.15, -0.1) is 0 Å². The van der Waals surface area contributed by atoms with Gasteiger partial charge in [0.15, 0.2) is 0 Å². The van der Waals surface area contributed by atoms with E-state index in [0.717, 1.165) is 36.7 Å². The lowest BCUT2D eigenvalue weighted by molar-refractivity contribution is -0.138. The molecule has 0 radical (unpaired) electrons. The molecule has 1 fully saturated rings. The average Bonchev–Trinajstić information content (AvgIpc) is 3.15. The smallest absolute Gasteiger partial charge is 0.419 e. The van der Waals surface area contributed by atoms with Gasteiger partial charge in [0.2, 0.25) is 5.95 Å². The van der Waals surface area contributed by atoms with Gasteiger partial charge in [-0.2, -0.15) is 13.2 Å². The molecule has 0 amide bonds. The first-order chi connectivity index (χ1) is 17.7. The summed E-state index contributed by atoms with van der Waals surface area (Å²) in [5.41, 5.74) is 2.46. The van der Waals surface area contributed by atoms with Crippen molar-refractivity contribution in [2.45, 2.75) is 32.0 Å². The van der Waals surface area contributed by atoms with Gasteiger partial charge >= 0.3 is 12.2 Å². The zero-order chi connectivity index (χ0) is 26.2. The standard InChI is InChI=1S/C26H25F4N5O2/c1-3-21(33-24-34-22-7-4-15(8-16-13-36-14-16)9-23(22)35(24)2)19-6-5-18(10-20(19)27)37-25-31-11-17(12-32-25)26(28,29)30/h4-7,9-12,16,21H,3,8,13-14H2,1-2H3,(H,33,34). The van der Waals surface area contributed by atoms with Crippen LogP contribution in [0.4, 0.5) is 23.5 Å². The van der Waals surface area contributed by atoms with Gasteiger partial charge in [0.1, 0.15) is 11.6 Å². The highest BCUT2D eigenvalue weighted by molar-refractivity contribution is 5.79. The van der Waals surface area contributed by atoms with Crippen molar-refractivity contribution in [3.05, 3.63) is 71.3 Å². The van der Waals surface area contributed by atoms with Crippen LogP contribution < -0.4 is 10.1 Å². The monoisotopic (exact) mass is 515 g/mol. The van der Waals surface area contributed by atoms with Gasteiger partial charge in [-0.05, 0) is 36.6 Å². The molecule has 194 valence electrons. The SMILES string of the molecule is CCC(Nc1nc2ccc(CC3COC3)cc2n1C)c1ccc(Oc2ncc(C(F)(F)F)cn2)cc1F. The molecular formula is C26H25F4N5O2. The lowest BCUT2D eigenvalue weighted by Gasteiger charge is -2.25. The summed E-state index contributed by atoms with van der Waals surface area (Å²) in [6, 6.07) is 9.76. The van der Waals surface area contributed by atoms with Crippen molar-refractivity contribution in [3.8, 4) is 11.8 Å².